The molecule has 0 unspecified atom stereocenters. The van der Waals surface area contributed by atoms with E-state index in [0.29, 0.717) is 5.56 Å². The lowest BCUT2D eigenvalue weighted by molar-refractivity contribution is 0.00711. The van der Waals surface area contributed by atoms with Gasteiger partial charge in [0.25, 0.3) is 0 Å². The van der Waals surface area contributed by atoms with Gasteiger partial charge in [-0.05, 0) is 56.6 Å². The third-order valence-electron chi connectivity index (χ3n) is 4.62. The highest BCUT2D eigenvalue weighted by molar-refractivity contribution is 7.94. The summed E-state index contributed by atoms with van der Waals surface area (Å²) in [6, 6.07) is 28.8. The maximum atomic E-state index is 13.1. The van der Waals surface area contributed by atoms with E-state index in [4.69, 9.17) is 4.74 Å². The van der Waals surface area contributed by atoms with E-state index in [1.165, 1.54) is 10.6 Å². The van der Waals surface area contributed by atoms with Crippen LogP contribution in [0.25, 0.3) is 0 Å². The maximum absolute atomic E-state index is 13.1. The van der Waals surface area contributed by atoms with Crippen LogP contribution in [-0.2, 0) is 4.74 Å². The van der Waals surface area contributed by atoms with Crippen LogP contribution in [0, 0.1) is 0 Å². The summed E-state index contributed by atoms with van der Waals surface area (Å²) in [4.78, 5) is 13.1. The van der Waals surface area contributed by atoms with Crippen molar-refractivity contribution in [2.24, 2.45) is 0 Å². The summed E-state index contributed by atoms with van der Waals surface area (Å²) in [5.41, 5.74) is 0.0948. The standard InChI is InChI=1S/C25H27O2P/c1-5-28(20-14-8-6-9-15-20,21-16-10-7-11-17-21)23-19-13-12-18-22(23)24(26)27-25(2,3)4/h5-19H,1-4H3. The summed E-state index contributed by atoms with van der Waals surface area (Å²) in [5.74, 6) is 2.00. The second kappa shape index (κ2) is 8.20. The number of benzene rings is 3. The average Bonchev–Trinajstić information content (AvgIpc) is 2.70. The highest BCUT2D eigenvalue weighted by Gasteiger charge is 2.29. The lowest BCUT2D eigenvalue weighted by atomic mass is 10.1. The Morgan fingerprint density at radius 2 is 1.25 bits per heavy atom. The Hall–Kier alpha value is -2.57. The van der Waals surface area contributed by atoms with E-state index < -0.39 is 12.5 Å². The Labute approximate surface area is 168 Å². The van der Waals surface area contributed by atoms with Gasteiger partial charge in [-0.25, -0.2) is 4.79 Å². The zero-order valence-electron chi connectivity index (χ0n) is 16.9. The molecule has 0 aliphatic heterocycles. The fraction of sp³-hybridized carbons (Fsp3) is 0.200. The molecule has 0 N–H and O–H groups in total. The van der Waals surface area contributed by atoms with Crippen molar-refractivity contribution >= 4 is 34.6 Å². The van der Waals surface area contributed by atoms with Crippen molar-refractivity contribution < 1.29 is 9.53 Å². The zero-order chi connectivity index (χ0) is 20.2. The Bertz CT molecular complexity index is 956. The van der Waals surface area contributed by atoms with Gasteiger partial charge in [0.15, 0.2) is 0 Å². The molecule has 0 aliphatic rings. The minimum Gasteiger partial charge on any atom is -0.456 e. The molecule has 3 aromatic carbocycles. The predicted octanol–water partition coefficient (Wildman–Crippen LogP) is 4.76. The number of carbonyl (C=O) groups excluding carboxylic acids is 1. The number of rotatable bonds is 4. The van der Waals surface area contributed by atoms with Crippen molar-refractivity contribution in [3.63, 3.8) is 0 Å². The summed E-state index contributed by atoms with van der Waals surface area (Å²) in [6.45, 7) is 5.68. The van der Waals surface area contributed by atoms with Crippen LogP contribution < -0.4 is 15.9 Å². The molecule has 0 saturated heterocycles. The molecule has 0 bridgehead atoms. The Balaban J connectivity index is 2.32. The molecular formula is C25H27O2P. The van der Waals surface area contributed by atoms with Gasteiger partial charge < -0.3 is 4.74 Å². The molecule has 2 nitrogen and oxygen atoms in total. The molecule has 0 aliphatic carbocycles. The number of hydrogen-bond acceptors (Lipinski definition) is 2. The average molecular weight is 390 g/mol. The lowest BCUT2D eigenvalue weighted by Crippen LogP contribution is -2.32. The molecule has 3 heteroatoms. The van der Waals surface area contributed by atoms with Crippen LogP contribution in [-0.4, -0.2) is 17.4 Å². The van der Waals surface area contributed by atoms with Crippen LogP contribution in [0.15, 0.2) is 84.9 Å². The largest absolute Gasteiger partial charge is 0.456 e. The van der Waals surface area contributed by atoms with E-state index in [1.807, 2.05) is 51.1 Å². The topological polar surface area (TPSA) is 26.3 Å². The van der Waals surface area contributed by atoms with Crippen LogP contribution in [0.1, 0.15) is 38.1 Å². The van der Waals surface area contributed by atoms with Crippen molar-refractivity contribution in [3.8, 4) is 0 Å². The summed E-state index contributed by atoms with van der Waals surface area (Å²) in [5, 5.41) is 3.48. The van der Waals surface area contributed by atoms with Gasteiger partial charge in [0.1, 0.15) is 5.60 Å². The second-order valence-electron chi connectivity index (χ2n) is 7.67. The molecular weight excluding hydrogens is 363 g/mol. The fourth-order valence-electron chi connectivity index (χ4n) is 3.48. The van der Waals surface area contributed by atoms with Gasteiger partial charge in [-0.1, -0.05) is 84.7 Å². The van der Waals surface area contributed by atoms with Crippen LogP contribution in [0.3, 0.4) is 0 Å². The van der Waals surface area contributed by atoms with Crippen molar-refractivity contribution in [2.75, 3.05) is 0 Å². The molecule has 0 atom stereocenters. The lowest BCUT2D eigenvalue weighted by Gasteiger charge is -2.30. The maximum Gasteiger partial charge on any atom is 0.339 e. The molecule has 0 heterocycles. The first kappa shape index (κ1) is 20.2. The first-order valence-corrected chi connectivity index (χ1v) is 11.4. The number of carbonyl (C=O) groups is 1. The van der Waals surface area contributed by atoms with Crippen molar-refractivity contribution in [1.82, 2.24) is 0 Å². The molecule has 0 saturated carbocycles. The minimum atomic E-state index is -2.12. The number of esters is 1. The van der Waals surface area contributed by atoms with Crippen LogP contribution >= 0.6 is 6.89 Å². The SMILES string of the molecule is CC=P(c1ccccc1)(c1ccccc1)c1ccccc1C(=O)OC(C)(C)C. The molecule has 3 aromatic rings. The summed E-state index contributed by atoms with van der Waals surface area (Å²) in [7, 11) is 0. The van der Waals surface area contributed by atoms with E-state index in [9.17, 15) is 4.79 Å². The Morgan fingerprint density at radius 3 is 1.71 bits per heavy atom. The molecule has 0 amide bonds. The van der Waals surface area contributed by atoms with Gasteiger partial charge in [0.2, 0.25) is 0 Å². The van der Waals surface area contributed by atoms with E-state index in [0.717, 1.165) is 5.30 Å². The highest BCUT2D eigenvalue weighted by Crippen LogP contribution is 2.44. The van der Waals surface area contributed by atoms with Crippen molar-refractivity contribution in [1.29, 1.82) is 0 Å². The normalized spacial score (nSPS) is 11.7. The van der Waals surface area contributed by atoms with Crippen LogP contribution in [0.5, 0.6) is 0 Å². The van der Waals surface area contributed by atoms with E-state index in [-0.39, 0.29) is 5.97 Å². The summed E-state index contributed by atoms with van der Waals surface area (Å²) >= 11 is 0. The fourth-order valence-corrected chi connectivity index (χ4v) is 7.36. The molecule has 0 radical (unpaired) electrons. The number of hydrogen-bond donors (Lipinski definition) is 0. The van der Waals surface area contributed by atoms with Gasteiger partial charge in [0, 0.05) is 0 Å². The van der Waals surface area contributed by atoms with Crippen molar-refractivity contribution in [2.45, 2.75) is 33.3 Å². The first-order chi connectivity index (χ1) is 13.4. The van der Waals surface area contributed by atoms with Crippen LogP contribution in [0.2, 0.25) is 0 Å². The second-order valence-corrected chi connectivity index (χ2v) is 11.1. The number of ether oxygens (including phenoxy) is 1. The minimum absolute atomic E-state index is 0.277. The molecule has 0 spiro atoms. The van der Waals surface area contributed by atoms with E-state index >= 15 is 0 Å². The quantitative estimate of drug-likeness (QED) is 0.474. The molecule has 28 heavy (non-hydrogen) atoms. The van der Waals surface area contributed by atoms with Crippen molar-refractivity contribution in [3.05, 3.63) is 90.5 Å². The van der Waals surface area contributed by atoms with E-state index in [1.54, 1.807) is 0 Å². The van der Waals surface area contributed by atoms with Gasteiger partial charge in [-0.3, -0.25) is 0 Å². The smallest absolute Gasteiger partial charge is 0.339 e. The third-order valence-corrected chi connectivity index (χ3v) is 8.77. The Kier molecular flexibility index (Phi) is 5.91. The highest BCUT2D eigenvalue weighted by atomic mass is 31.2. The molecule has 3 rings (SSSR count). The van der Waals surface area contributed by atoms with Gasteiger partial charge in [0.05, 0.1) is 5.56 Å². The molecule has 0 fully saturated rings. The van der Waals surface area contributed by atoms with Gasteiger partial charge >= 0.3 is 5.97 Å². The summed E-state index contributed by atoms with van der Waals surface area (Å²) in [6.07, 6.45) is 0. The first-order valence-electron chi connectivity index (χ1n) is 9.52. The van der Waals surface area contributed by atoms with Gasteiger partial charge in [-0.15, -0.1) is 0 Å². The van der Waals surface area contributed by atoms with Gasteiger partial charge in [-0.2, -0.15) is 0 Å². The molecule has 144 valence electrons. The van der Waals surface area contributed by atoms with Crippen LogP contribution in [0.4, 0.5) is 0 Å². The third kappa shape index (κ3) is 3.98. The van der Waals surface area contributed by atoms with E-state index in [2.05, 4.69) is 67.3 Å². The Morgan fingerprint density at radius 1 is 0.786 bits per heavy atom. The zero-order valence-corrected chi connectivity index (χ0v) is 17.8. The molecule has 0 aromatic heterocycles. The predicted molar refractivity (Wildman–Crippen MR) is 122 cm³/mol. The monoisotopic (exact) mass is 390 g/mol. The summed E-state index contributed by atoms with van der Waals surface area (Å²) < 4.78 is 5.74.